The van der Waals surface area contributed by atoms with Gasteiger partial charge in [-0.1, -0.05) is 13.0 Å². The fourth-order valence-electron chi connectivity index (χ4n) is 0.867. The van der Waals surface area contributed by atoms with Gasteiger partial charge in [-0.15, -0.1) is 6.58 Å². The van der Waals surface area contributed by atoms with Crippen molar-refractivity contribution in [3.05, 3.63) is 23.9 Å². The molecule has 0 aliphatic rings. The van der Waals surface area contributed by atoms with Crippen molar-refractivity contribution in [3.8, 4) is 0 Å². The quantitative estimate of drug-likeness (QED) is 0.474. The summed E-state index contributed by atoms with van der Waals surface area (Å²) in [6, 6.07) is 0. The lowest BCUT2D eigenvalue weighted by Gasteiger charge is -2.08. The van der Waals surface area contributed by atoms with Crippen LogP contribution in [0, 0.1) is 0 Å². The van der Waals surface area contributed by atoms with Crippen LogP contribution in [0.15, 0.2) is 23.9 Å². The fraction of sp³-hybridized carbons (Fsp3) is 0.444. The topological polar surface area (TPSA) is 55.1 Å². The molecule has 0 saturated heterocycles. The molecule has 0 aliphatic carbocycles. The first-order valence-corrected chi connectivity index (χ1v) is 3.97. The highest BCUT2D eigenvalue weighted by Gasteiger charge is 2.03. The molecule has 0 aromatic rings. The lowest BCUT2D eigenvalue weighted by molar-refractivity contribution is -0.114. The second kappa shape index (κ2) is 5.41. The highest BCUT2D eigenvalue weighted by Crippen LogP contribution is 2.03. The first-order chi connectivity index (χ1) is 5.63. The third-order valence-corrected chi connectivity index (χ3v) is 1.64. The molecule has 0 spiro atoms. The third-order valence-electron chi connectivity index (χ3n) is 1.64. The van der Waals surface area contributed by atoms with Crippen molar-refractivity contribution < 1.29 is 4.79 Å². The number of carbonyl (C=O) groups excluding carboxylic acids is 1. The lowest BCUT2D eigenvalue weighted by Crippen LogP contribution is -2.21. The van der Waals surface area contributed by atoms with Gasteiger partial charge < -0.3 is 11.1 Å². The normalized spacial score (nSPS) is 11.8. The van der Waals surface area contributed by atoms with Crippen LogP contribution >= 0.6 is 0 Å². The molecule has 0 bridgehead atoms. The van der Waals surface area contributed by atoms with E-state index in [0.29, 0.717) is 12.1 Å². The summed E-state index contributed by atoms with van der Waals surface area (Å²) in [5.74, 6) is -0.372. The number of rotatable bonds is 5. The summed E-state index contributed by atoms with van der Waals surface area (Å²) < 4.78 is 0. The zero-order chi connectivity index (χ0) is 9.56. The van der Waals surface area contributed by atoms with Crippen LogP contribution < -0.4 is 11.1 Å². The molecule has 3 N–H and O–H groups in total. The molecule has 0 heterocycles. The molecule has 0 unspecified atom stereocenters. The Morgan fingerprint density at radius 3 is 2.58 bits per heavy atom. The van der Waals surface area contributed by atoms with Crippen molar-refractivity contribution in [2.24, 2.45) is 5.73 Å². The Balaban J connectivity index is 4.38. The van der Waals surface area contributed by atoms with E-state index in [1.165, 1.54) is 0 Å². The zero-order valence-corrected chi connectivity index (χ0v) is 7.68. The molecule has 0 rings (SSSR count). The van der Waals surface area contributed by atoms with Gasteiger partial charge in [-0.3, -0.25) is 4.79 Å². The lowest BCUT2D eigenvalue weighted by atomic mass is 10.2. The van der Waals surface area contributed by atoms with Crippen molar-refractivity contribution in [2.45, 2.75) is 20.3 Å². The molecular weight excluding hydrogens is 152 g/mol. The Morgan fingerprint density at radius 1 is 1.67 bits per heavy atom. The molecule has 12 heavy (non-hydrogen) atoms. The standard InChI is InChI=1S/C9H16N2O/c1-4-6-11-8(5-2)7(3)9(10)12/h4,11H,1,5-6H2,2-3H3,(H2,10,12)/b8-7+. The van der Waals surface area contributed by atoms with E-state index in [4.69, 9.17) is 5.73 Å². The molecule has 0 aliphatic heterocycles. The smallest absolute Gasteiger partial charge is 0.246 e. The molecule has 68 valence electrons. The number of nitrogens with two attached hydrogens (primary N) is 1. The number of carbonyl (C=O) groups is 1. The molecule has 0 aromatic heterocycles. The second-order valence-corrected chi connectivity index (χ2v) is 2.49. The minimum absolute atomic E-state index is 0.372. The van der Waals surface area contributed by atoms with Gasteiger partial charge in [0.05, 0.1) is 0 Å². The number of primary amides is 1. The summed E-state index contributed by atoms with van der Waals surface area (Å²) in [4.78, 5) is 10.8. The van der Waals surface area contributed by atoms with Gasteiger partial charge in [-0.05, 0) is 13.3 Å². The summed E-state index contributed by atoms with van der Waals surface area (Å²) >= 11 is 0. The van der Waals surface area contributed by atoms with Crippen LogP contribution in [0.2, 0.25) is 0 Å². The molecular formula is C9H16N2O. The molecule has 0 radical (unpaired) electrons. The molecule has 3 heteroatoms. The van der Waals surface area contributed by atoms with E-state index in [2.05, 4.69) is 11.9 Å². The van der Waals surface area contributed by atoms with Gasteiger partial charge in [0.2, 0.25) is 5.91 Å². The van der Waals surface area contributed by atoms with Crippen LogP contribution in [0.5, 0.6) is 0 Å². The Labute approximate surface area is 73.3 Å². The van der Waals surface area contributed by atoms with Crippen molar-refractivity contribution in [1.29, 1.82) is 0 Å². The molecule has 1 amide bonds. The highest BCUT2D eigenvalue weighted by atomic mass is 16.1. The summed E-state index contributed by atoms with van der Waals surface area (Å²) in [7, 11) is 0. The maximum Gasteiger partial charge on any atom is 0.246 e. The second-order valence-electron chi connectivity index (χ2n) is 2.49. The molecule has 0 aromatic carbocycles. The van der Waals surface area contributed by atoms with Gasteiger partial charge in [-0.25, -0.2) is 0 Å². The Bertz CT molecular complexity index is 207. The third kappa shape index (κ3) is 3.23. The van der Waals surface area contributed by atoms with E-state index in [1.54, 1.807) is 13.0 Å². The van der Waals surface area contributed by atoms with Crippen LogP contribution in [-0.2, 0) is 4.79 Å². The van der Waals surface area contributed by atoms with Gasteiger partial charge in [0.1, 0.15) is 0 Å². The molecule has 0 atom stereocenters. The first-order valence-electron chi connectivity index (χ1n) is 3.97. The average Bonchev–Trinajstić information content (AvgIpc) is 2.05. The predicted octanol–water partition coefficient (Wildman–Crippen LogP) is 0.931. The average molecular weight is 168 g/mol. The summed E-state index contributed by atoms with van der Waals surface area (Å²) in [6.45, 7) is 7.92. The van der Waals surface area contributed by atoms with Crippen molar-refractivity contribution in [3.63, 3.8) is 0 Å². The van der Waals surface area contributed by atoms with E-state index in [0.717, 1.165) is 12.1 Å². The molecule has 0 fully saturated rings. The van der Waals surface area contributed by atoms with Crippen molar-refractivity contribution in [2.75, 3.05) is 6.54 Å². The number of hydrogen-bond donors (Lipinski definition) is 2. The fourth-order valence-corrected chi connectivity index (χ4v) is 0.867. The number of hydrogen-bond acceptors (Lipinski definition) is 2. The summed E-state index contributed by atoms with van der Waals surface area (Å²) in [5.41, 5.74) is 6.61. The van der Waals surface area contributed by atoms with Crippen LogP contribution in [0.4, 0.5) is 0 Å². The Hall–Kier alpha value is -1.25. The van der Waals surface area contributed by atoms with E-state index in [1.807, 2.05) is 6.92 Å². The van der Waals surface area contributed by atoms with E-state index >= 15 is 0 Å². The minimum Gasteiger partial charge on any atom is -0.385 e. The first kappa shape index (κ1) is 10.8. The van der Waals surface area contributed by atoms with Crippen LogP contribution in [0.25, 0.3) is 0 Å². The molecule has 0 saturated carbocycles. The number of allylic oxidation sites excluding steroid dienone is 1. The predicted molar refractivity (Wildman–Crippen MR) is 50.4 cm³/mol. The maximum absolute atomic E-state index is 10.8. The summed E-state index contributed by atoms with van der Waals surface area (Å²) in [6.07, 6.45) is 2.52. The van der Waals surface area contributed by atoms with E-state index in [-0.39, 0.29) is 5.91 Å². The van der Waals surface area contributed by atoms with Crippen molar-refractivity contribution >= 4 is 5.91 Å². The zero-order valence-electron chi connectivity index (χ0n) is 7.68. The van der Waals surface area contributed by atoms with E-state index in [9.17, 15) is 4.79 Å². The van der Waals surface area contributed by atoms with Crippen LogP contribution in [0.1, 0.15) is 20.3 Å². The largest absolute Gasteiger partial charge is 0.385 e. The van der Waals surface area contributed by atoms with E-state index < -0.39 is 0 Å². The van der Waals surface area contributed by atoms with Crippen LogP contribution in [0.3, 0.4) is 0 Å². The van der Waals surface area contributed by atoms with Gasteiger partial charge in [0.15, 0.2) is 0 Å². The molecule has 3 nitrogen and oxygen atoms in total. The van der Waals surface area contributed by atoms with Gasteiger partial charge in [0.25, 0.3) is 0 Å². The number of nitrogens with one attached hydrogen (secondary N) is 1. The highest BCUT2D eigenvalue weighted by molar-refractivity contribution is 5.91. The number of amides is 1. The SMILES string of the molecule is C=CCN/C(CC)=C(\C)C(N)=O. The van der Waals surface area contributed by atoms with Gasteiger partial charge >= 0.3 is 0 Å². The summed E-state index contributed by atoms with van der Waals surface area (Å²) in [5, 5.41) is 3.06. The van der Waals surface area contributed by atoms with Gasteiger partial charge in [-0.2, -0.15) is 0 Å². The van der Waals surface area contributed by atoms with Crippen molar-refractivity contribution in [1.82, 2.24) is 5.32 Å². The Kier molecular flexibility index (Phi) is 4.84. The van der Waals surface area contributed by atoms with Crippen LogP contribution in [-0.4, -0.2) is 12.5 Å². The Morgan fingerprint density at radius 2 is 2.25 bits per heavy atom. The minimum atomic E-state index is -0.372. The maximum atomic E-state index is 10.8. The monoisotopic (exact) mass is 168 g/mol. The van der Waals surface area contributed by atoms with Gasteiger partial charge in [0, 0.05) is 17.8 Å².